The van der Waals surface area contributed by atoms with Crippen molar-refractivity contribution in [1.82, 2.24) is 10.2 Å². The van der Waals surface area contributed by atoms with Crippen molar-refractivity contribution in [2.45, 2.75) is 65.5 Å². The van der Waals surface area contributed by atoms with E-state index in [1.54, 1.807) is 4.90 Å². The number of hydrogen-bond donors (Lipinski definition) is 1. The third-order valence-corrected chi connectivity index (χ3v) is 3.07. The van der Waals surface area contributed by atoms with E-state index >= 15 is 0 Å². The lowest BCUT2D eigenvalue weighted by molar-refractivity contribution is -0.126. The van der Waals surface area contributed by atoms with Crippen LogP contribution in [0.3, 0.4) is 0 Å². The molecule has 116 valence electrons. The maximum Gasteiger partial charge on any atom is 0.410 e. The molecule has 0 aliphatic carbocycles. The van der Waals surface area contributed by atoms with Gasteiger partial charge in [-0.2, -0.15) is 0 Å². The monoisotopic (exact) mass is 284 g/mol. The van der Waals surface area contributed by atoms with Gasteiger partial charge in [-0.15, -0.1) is 0 Å². The van der Waals surface area contributed by atoms with Gasteiger partial charge < -0.3 is 10.1 Å². The molecular weight excluding hydrogens is 256 g/mol. The van der Waals surface area contributed by atoms with Gasteiger partial charge >= 0.3 is 6.09 Å². The quantitative estimate of drug-likeness (QED) is 0.866. The minimum atomic E-state index is -0.548. The van der Waals surface area contributed by atoms with Crippen molar-refractivity contribution in [2.75, 3.05) is 13.1 Å². The van der Waals surface area contributed by atoms with Crippen molar-refractivity contribution in [3.05, 3.63) is 0 Å². The summed E-state index contributed by atoms with van der Waals surface area (Å²) in [7, 11) is 0. The number of rotatable bonds is 3. The maximum absolute atomic E-state index is 12.4. The molecule has 20 heavy (non-hydrogen) atoms. The molecular formula is C15H28N2O3. The van der Waals surface area contributed by atoms with E-state index in [0.717, 1.165) is 12.8 Å². The topological polar surface area (TPSA) is 58.6 Å². The summed E-state index contributed by atoms with van der Waals surface area (Å²) in [4.78, 5) is 26.1. The third kappa shape index (κ3) is 5.39. The predicted molar refractivity (Wildman–Crippen MR) is 78.4 cm³/mol. The van der Waals surface area contributed by atoms with E-state index in [1.165, 1.54) is 0 Å². The van der Waals surface area contributed by atoms with E-state index in [4.69, 9.17) is 4.74 Å². The largest absolute Gasteiger partial charge is 0.444 e. The molecule has 1 aliphatic rings. The molecule has 1 N–H and O–H groups in total. The Morgan fingerprint density at radius 3 is 2.60 bits per heavy atom. The van der Waals surface area contributed by atoms with E-state index in [9.17, 15) is 9.59 Å². The van der Waals surface area contributed by atoms with Crippen LogP contribution in [0.25, 0.3) is 0 Å². The Balaban J connectivity index is 2.86. The smallest absolute Gasteiger partial charge is 0.410 e. The van der Waals surface area contributed by atoms with E-state index in [-0.39, 0.29) is 5.91 Å². The van der Waals surface area contributed by atoms with Gasteiger partial charge in [0.2, 0.25) is 5.91 Å². The number of amides is 2. The first-order valence-corrected chi connectivity index (χ1v) is 7.48. The molecule has 0 spiro atoms. The molecule has 1 rings (SSSR count). The lowest BCUT2D eigenvalue weighted by Gasteiger charge is -2.33. The molecule has 0 saturated carbocycles. The summed E-state index contributed by atoms with van der Waals surface area (Å²) in [5, 5.41) is 2.88. The number of nitrogens with zero attached hydrogens (tertiary/aromatic N) is 1. The molecule has 1 aliphatic heterocycles. The summed E-state index contributed by atoms with van der Waals surface area (Å²) < 4.78 is 5.45. The highest BCUT2D eigenvalue weighted by Crippen LogP contribution is 2.18. The van der Waals surface area contributed by atoms with Crippen molar-refractivity contribution >= 4 is 12.0 Å². The van der Waals surface area contributed by atoms with Gasteiger partial charge in [-0.1, -0.05) is 13.8 Å². The minimum absolute atomic E-state index is 0.0611. The average Bonchev–Trinajstić information content (AvgIpc) is 2.48. The Labute approximate surface area is 122 Å². The zero-order chi connectivity index (χ0) is 15.3. The molecule has 0 bridgehead atoms. The predicted octanol–water partition coefficient (Wildman–Crippen LogP) is 2.55. The summed E-state index contributed by atoms with van der Waals surface area (Å²) in [5.41, 5.74) is -0.548. The van der Waals surface area contributed by atoms with E-state index < -0.39 is 17.7 Å². The first-order valence-electron chi connectivity index (χ1n) is 7.48. The zero-order valence-corrected chi connectivity index (χ0v) is 13.4. The fourth-order valence-corrected chi connectivity index (χ4v) is 2.26. The fourth-order valence-electron chi connectivity index (χ4n) is 2.26. The molecule has 5 nitrogen and oxygen atoms in total. The Kier molecular flexibility index (Phi) is 5.84. The summed E-state index contributed by atoms with van der Waals surface area (Å²) >= 11 is 0. The highest BCUT2D eigenvalue weighted by molar-refractivity contribution is 5.85. The molecule has 0 aromatic rings. The number of carbonyl (C=O) groups is 2. The second-order valence-corrected chi connectivity index (χ2v) is 6.83. The van der Waals surface area contributed by atoms with Gasteiger partial charge in [0.15, 0.2) is 0 Å². The van der Waals surface area contributed by atoms with Crippen LogP contribution < -0.4 is 5.32 Å². The van der Waals surface area contributed by atoms with Gasteiger partial charge in [0.05, 0.1) is 0 Å². The summed E-state index contributed by atoms with van der Waals surface area (Å²) in [6.45, 7) is 10.8. The Morgan fingerprint density at radius 1 is 1.40 bits per heavy atom. The van der Waals surface area contributed by atoms with Gasteiger partial charge in [-0.05, 0) is 46.0 Å². The Bertz CT molecular complexity index is 348. The number of nitrogens with one attached hydrogen (secondary N) is 1. The molecule has 1 saturated heterocycles. The van der Waals surface area contributed by atoms with Gasteiger partial charge in [0.1, 0.15) is 11.6 Å². The second kappa shape index (κ2) is 6.95. The van der Waals surface area contributed by atoms with Crippen molar-refractivity contribution < 1.29 is 14.3 Å². The highest BCUT2D eigenvalue weighted by Gasteiger charge is 2.33. The normalized spacial score (nSPS) is 20.3. The number of ether oxygens (including phenoxy) is 1. The zero-order valence-electron chi connectivity index (χ0n) is 13.4. The first-order chi connectivity index (χ1) is 9.20. The van der Waals surface area contributed by atoms with E-state index in [0.29, 0.717) is 25.4 Å². The molecule has 5 heteroatoms. The first kappa shape index (κ1) is 16.8. The average molecular weight is 284 g/mol. The van der Waals surface area contributed by atoms with Gasteiger partial charge in [0.25, 0.3) is 0 Å². The maximum atomic E-state index is 12.4. The number of carbonyl (C=O) groups excluding carboxylic acids is 2. The van der Waals surface area contributed by atoms with Crippen molar-refractivity contribution in [1.29, 1.82) is 0 Å². The van der Waals surface area contributed by atoms with E-state index in [1.807, 2.05) is 34.6 Å². The number of hydrogen-bond acceptors (Lipinski definition) is 3. The molecule has 1 heterocycles. The molecule has 1 unspecified atom stereocenters. The van der Waals surface area contributed by atoms with Crippen LogP contribution in [0.1, 0.15) is 53.9 Å². The standard InChI is InChI=1S/C15H28N2O3/c1-11(2)10-17(14(19)20-15(3,4)5)12-8-6-7-9-16-13(12)18/h11-12H,6-10H2,1-5H3,(H,16,18). The SMILES string of the molecule is CC(C)CN(C(=O)OC(C)(C)C)C1CCCCNC1=O. The lowest BCUT2D eigenvalue weighted by Crippen LogP contribution is -2.51. The van der Waals surface area contributed by atoms with Crippen LogP contribution in [-0.4, -0.2) is 41.6 Å². The van der Waals surface area contributed by atoms with Crippen LogP contribution in [-0.2, 0) is 9.53 Å². The highest BCUT2D eigenvalue weighted by atomic mass is 16.6. The molecule has 1 fully saturated rings. The van der Waals surface area contributed by atoms with Crippen LogP contribution in [0.15, 0.2) is 0 Å². The minimum Gasteiger partial charge on any atom is -0.444 e. The summed E-state index contributed by atoms with van der Waals surface area (Å²) in [5.74, 6) is 0.229. The summed E-state index contributed by atoms with van der Waals surface area (Å²) in [6.07, 6.45) is 2.22. The van der Waals surface area contributed by atoms with Gasteiger partial charge in [-0.3, -0.25) is 9.69 Å². The van der Waals surface area contributed by atoms with Crippen LogP contribution in [0, 0.1) is 5.92 Å². The van der Waals surface area contributed by atoms with Crippen molar-refractivity contribution in [3.8, 4) is 0 Å². The van der Waals surface area contributed by atoms with Crippen molar-refractivity contribution in [3.63, 3.8) is 0 Å². The lowest BCUT2D eigenvalue weighted by atomic mass is 10.1. The van der Waals surface area contributed by atoms with Gasteiger partial charge in [-0.25, -0.2) is 4.79 Å². The summed E-state index contributed by atoms with van der Waals surface area (Å²) in [6, 6.07) is -0.408. The Morgan fingerprint density at radius 2 is 2.05 bits per heavy atom. The van der Waals surface area contributed by atoms with Crippen LogP contribution in [0.2, 0.25) is 0 Å². The molecule has 0 aromatic heterocycles. The molecule has 0 aromatic carbocycles. The Hall–Kier alpha value is -1.26. The van der Waals surface area contributed by atoms with E-state index in [2.05, 4.69) is 5.32 Å². The third-order valence-electron chi connectivity index (χ3n) is 3.07. The molecule has 2 amide bonds. The fraction of sp³-hybridized carbons (Fsp3) is 0.867. The van der Waals surface area contributed by atoms with Crippen LogP contribution in [0.4, 0.5) is 4.79 Å². The second-order valence-electron chi connectivity index (χ2n) is 6.83. The van der Waals surface area contributed by atoms with Crippen LogP contribution >= 0.6 is 0 Å². The molecule has 0 radical (unpaired) electrons. The van der Waals surface area contributed by atoms with Crippen LogP contribution in [0.5, 0.6) is 0 Å². The van der Waals surface area contributed by atoms with Crippen molar-refractivity contribution in [2.24, 2.45) is 5.92 Å². The molecule has 1 atom stereocenters. The van der Waals surface area contributed by atoms with Gasteiger partial charge in [0, 0.05) is 13.1 Å².